The van der Waals surface area contributed by atoms with Crippen molar-refractivity contribution in [2.75, 3.05) is 13.6 Å². The maximum atomic E-state index is 5.90. The zero-order chi connectivity index (χ0) is 10.4. The summed E-state index contributed by atoms with van der Waals surface area (Å²) in [5.41, 5.74) is 3.74. The normalized spacial score (nSPS) is 16.9. The van der Waals surface area contributed by atoms with Crippen molar-refractivity contribution in [2.24, 2.45) is 0 Å². The van der Waals surface area contributed by atoms with Crippen molar-refractivity contribution >= 4 is 11.0 Å². The highest BCUT2D eigenvalue weighted by Gasteiger charge is 2.19. The van der Waals surface area contributed by atoms with Crippen LogP contribution in [0.25, 0.3) is 11.0 Å². The van der Waals surface area contributed by atoms with Crippen molar-refractivity contribution in [3.63, 3.8) is 0 Å². The van der Waals surface area contributed by atoms with Crippen LogP contribution in [0.15, 0.2) is 22.6 Å². The monoisotopic (exact) mass is 201 g/mol. The van der Waals surface area contributed by atoms with Gasteiger partial charge in [0.15, 0.2) is 0 Å². The summed E-state index contributed by atoms with van der Waals surface area (Å²) in [5, 5.41) is 1.31. The lowest BCUT2D eigenvalue weighted by molar-refractivity contribution is 0.281. The number of hydrogen-bond donors (Lipinski definition) is 0. The van der Waals surface area contributed by atoms with Crippen LogP contribution < -0.4 is 0 Å². The number of fused-ring (bicyclic) bond motifs is 3. The van der Waals surface area contributed by atoms with Gasteiger partial charge in [0.25, 0.3) is 0 Å². The molecule has 1 aromatic heterocycles. The quantitative estimate of drug-likeness (QED) is 0.651. The molecule has 3 rings (SSSR count). The van der Waals surface area contributed by atoms with E-state index in [1.807, 2.05) is 0 Å². The molecular formula is C13H15NO. The summed E-state index contributed by atoms with van der Waals surface area (Å²) in [6, 6.07) is 6.49. The minimum absolute atomic E-state index is 0.947. The van der Waals surface area contributed by atoms with E-state index in [0.29, 0.717) is 0 Å². The molecular weight excluding hydrogens is 186 g/mol. The lowest BCUT2D eigenvalue weighted by Crippen LogP contribution is -2.25. The maximum Gasteiger partial charge on any atom is 0.134 e. The van der Waals surface area contributed by atoms with Crippen LogP contribution in [0.3, 0.4) is 0 Å². The fourth-order valence-corrected chi connectivity index (χ4v) is 2.34. The summed E-state index contributed by atoms with van der Waals surface area (Å²) in [4.78, 5) is 2.30. The van der Waals surface area contributed by atoms with Crippen molar-refractivity contribution in [3.8, 4) is 0 Å². The molecule has 78 valence electrons. The van der Waals surface area contributed by atoms with Crippen LogP contribution in [0.1, 0.15) is 16.9 Å². The van der Waals surface area contributed by atoms with Crippen LogP contribution in [0.2, 0.25) is 0 Å². The molecule has 1 aliphatic heterocycles. The third-order valence-corrected chi connectivity index (χ3v) is 3.19. The van der Waals surface area contributed by atoms with Gasteiger partial charge >= 0.3 is 0 Å². The molecule has 15 heavy (non-hydrogen) atoms. The van der Waals surface area contributed by atoms with E-state index in [1.165, 1.54) is 16.5 Å². The van der Waals surface area contributed by atoms with E-state index in [9.17, 15) is 0 Å². The molecule has 0 fully saturated rings. The first-order valence-electron chi connectivity index (χ1n) is 5.43. The Balaban J connectivity index is 2.23. The first-order chi connectivity index (χ1) is 7.24. The second kappa shape index (κ2) is 3.11. The van der Waals surface area contributed by atoms with Crippen molar-refractivity contribution in [1.29, 1.82) is 0 Å². The second-order valence-corrected chi connectivity index (χ2v) is 4.49. The summed E-state index contributed by atoms with van der Waals surface area (Å²) in [7, 11) is 2.14. The Morgan fingerprint density at radius 3 is 3.07 bits per heavy atom. The Labute approximate surface area is 89.5 Å². The number of furan rings is 1. The van der Waals surface area contributed by atoms with Gasteiger partial charge in [-0.3, -0.25) is 4.90 Å². The average molecular weight is 201 g/mol. The van der Waals surface area contributed by atoms with Crippen molar-refractivity contribution < 1.29 is 4.42 Å². The van der Waals surface area contributed by atoms with Crippen LogP contribution >= 0.6 is 0 Å². The molecule has 1 aliphatic rings. The van der Waals surface area contributed by atoms with Crippen molar-refractivity contribution in [1.82, 2.24) is 4.90 Å². The fourth-order valence-electron chi connectivity index (χ4n) is 2.34. The Morgan fingerprint density at radius 2 is 2.20 bits per heavy atom. The molecule has 0 saturated heterocycles. The Morgan fingerprint density at radius 1 is 1.33 bits per heavy atom. The number of hydrogen-bond acceptors (Lipinski definition) is 2. The molecule has 0 radical (unpaired) electrons. The van der Waals surface area contributed by atoms with Crippen molar-refractivity contribution in [3.05, 3.63) is 35.1 Å². The highest BCUT2D eigenvalue weighted by molar-refractivity contribution is 5.83. The lowest BCUT2D eigenvalue weighted by atomic mass is 10.0. The summed E-state index contributed by atoms with van der Waals surface area (Å²) in [6.07, 6.45) is 1.11. The molecule has 0 bridgehead atoms. The van der Waals surface area contributed by atoms with Crippen LogP contribution in [-0.2, 0) is 13.0 Å². The van der Waals surface area contributed by atoms with Gasteiger partial charge in [-0.25, -0.2) is 0 Å². The first-order valence-corrected chi connectivity index (χ1v) is 5.43. The second-order valence-electron chi connectivity index (χ2n) is 4.49. The Hall–Kier alpha value is -1.28. The predicted octanol–water partition coefficient (Wildman–Crippen LogP) is 2.73. The van der Waals surface area contributed by atoms with E-state index in [0.717, 1.165) is 30.9 Å². The van der Waals surface area contributed by atoms with Crippen LogP contribution in [-0.4, -0.2) is 18.5 Å². The zero-order valence-electron chi connectivity index (χ0n) is 9.21. The summed E-state index contributed by atoms with van der Waals surface area (Å²) < 4.78 is 5.90. The summed E-state index contributed by atoms with van der Waals surface area (Å²) >= 11 is 0. The molecule has 2 aromatic rings. The average Bonchev–Trinajstić information content (AvgIpc) is 2.53. The molecule has 1 aromatic carbocycles. The Bertz CT molecular complexity index is 512. The minimum Gasteiger partial charge on any atom is -0.459 e. The zero-order valence-corrected chi connectivity index (χ0v) is 9.21. The largest absolute Gasteiger partial charge is 0.459 e. The predicted molar refractivity (Wildman–Crippen MR) is 61.0 cm³/mol. The third kappa shape index (κ3) is 1.37. The topological polar surface area (TPSA) is 16.4 Å². The molecule has 0 amide bonds. The van der Waals surface area contributed by atoms with Gasteiger partial charge in [-0.15, -0.1) is 0 Å². The number of rotatable bonds is 0. The van der Waals surface area contributed by atoms with Gasteiger partial charge in [0, 0.05) is 17.5 Å². The molecule has 0 unspecified atom stereocenters. The standard InChI is InChI=1S/C13H15NO/c1-9-3-4-10-11-5-6-14(2)8-13(11)15-12(10)7-9/h3-4,7H,5-6,8H2,1-2H3. The van der Waals surface area contributed by atoms with Gasteiger partial charge in [-0.05, 0) is 32.0 Å². The molecule has 2 heteroatoms. The van der Waals surface area contributed by atoms with Gasteiger partial charge < -0.3 is 4.42 Å². The highest BCUT2D eigenvalue weighted by Crippen LogP contribution is 2.30. The Kier molecular flexibility index (Phi) is 1.86. The molecule has 2 heterocycles. The SMILES string of the molecule is Cc1ccc2c3c(oc2c1)CN(C)CC3. The number of nitrogens with zero attached hydrogens (tertiary/aromatic N) is 1. The molecule has 0 aliphatic carbocycles. The molecule has 0 N–H and O–H groups in total. The van der Waals surface area contributed by atoms with E-state index in [2.05, 4.69) is 37.1 Å². The van der Waals surface area contributed by atoms with E-state index in [4.69, 9.17) is 4.42 Å². The number of aryl methyl sites for hydroxylation is 1. The van der Waals surface area contributed by atoms with E-state index in [1.54, 1.807) is 0 Å². The number of likely N-dealkylation sites (N-methyl/N-ethyl adjacent to an activating group) is 1. The van der Waals surface area contributed by atoms with Crippen molar-refractivity contribution in [2.45, 2.75) is 19.9 Å². The van der Waals surface area contributed by atoms with Gasteiger partial charge in [0.05, 0.1) is 6.54 Å². The number of benzene rings is 1. The van der Waals surface area contributed by atoms with Crippen LogP contribution in [0.5, 0.6) is 0 Å². The van der Waals surface area contributed by atoms with Crippen LogP contribution in [0.4, 0.5) is 0 Å². The fraction of sp³-hybridized carbons (Fsp3) is 0.385. The third-order valence-electron chi connectivity index (χ3n) is 3.19. The molecule has 0 saturated carbocycles. The molecule has 0 atom stereocenters. The molecule has 2 nitrogen and oxygen atoms in total. The van der Waals surface area contributed by atoms with Gasteiger partial charge in [-0.1, -0.05) is 12.1 Å². The van der Waals surface area contributed by atoms with E-state index < -0.39 is 0 Å². The van der Waals surface area contributed by atoms with Gasteiger partial charge in [0.1, 0.15) is 11.3 Å². The lowest BCUT2D eigenvalue weighted by Gasteiger charge is -2.20. The highest BCUT2D eigenvalue weighted by atomic mass is 16.3. The van der Waals surface area contributed by atoms with Crippen LogP contribution in [0, 0.1) is 6.92 Å². The molecule has 0 spiro atoms. The van der Waals surface area contributed by atoms with Gasteiger partial charge in [-0.2, -0.15) is 0 Å². The maximum absolute atomic E-state index is 5.90. The smallest absolute Gasteiger partial charge is 0.134 e. The minimum atomic E-state index is 0.947. The summed E-state index contributed by atoms with van der Waals surface area (Å²) in [6.45, 7) is 4.19. The first kappa shape index (κ1) is 8.98. The van der Waals surface area contributed by atoms with E-state index in [-0.39, 0.29) is 0 Å². The van der Waals surface area contributed by atoms with E-state index >= 15 is 0 Å². The summed E-state index contributed by atoms with van der Waals surface area (Å²) in [5.74, 6) is 1.16. The van der Waals surface area contributed by atoms with Gasteiger partial charge in [0.2, 0.25) is 0 Å².